The van der Waals surface area contributed by atoms with Crippen molar-refractivity contribution in [3.05, 3.63) is 16.6 Å². The van der Waals surface area contributed by atoms with Crippen molar-refractivity contribution in [1.29, 1.82) is 0 Å². The van der Waals surface area contributed by atoms with E-state index in [1.165, 1.54) is 23.3 Å². The van der Waals surface area contributed by atoms with E-state index in [0.717, 1.165) is 11.6 Å². The van der Waals surface area contributed by atoms with Crippen LogP contribution in [0, 0.1) is 0 Å². The van der Waals surface area contributed by atoms with Gasteiger partial charge in [-0.3, -0.25) is 4.72 Å². The fraction of sp³-hybridized carbons (Fsp3) is 0.429. The van der Waals surface area contributed by atoms with E-state index in [0.29, 0.717) is 0 Å². The van der Waals surface area contributed by atoms with Crippen molar-refractivity contribution in [2.24, 2.45) is 16.5 Å². The Bertz CT molecular complexity index is 280. The third kappa shape index (κ3) is 3.52. The highest BCUT2D eigenvalue weighted by Gasteiger charge is 2.13. The number of rotatable bonds is 5. The molecule has 0 fully saturated rings. The molecule has 0 aliphatic rings. The van der Waals surface area contributed by atoms with Gasteiger partial charge >= 0.3 is 0 Å². The van der Waals surface area contributed by atoms with Crippen LogP contribution in [0.4, 0.5) is 0 Å². The average molecular weight is 231 g/mol. The molecule has 0 amide bonds. The lowest BCUT2D eigenvalue weighted by Crippen LogP contribution is -2.23. The number of aromatic nitrogens is 1. The van der Waals surface area contributed by atoms with Gasteiger partial charge in [0.25, 0.3) is 0 Å². The van der Waals surface area contributed by atoms with Crippen LogP contribution in [-0.2, 0) is 0 Å². The summed E-state index contributed by atoms with van der Waals surface area (Å²) in [5, 5.41) is 2.64. The molecular weight excluding hydrogens is 218 g/mol. The lowest BCUT2D eigenvalue weighted by Gasteiger charge is -2.08. The van der Waals surface area contributed by atoms with Crippen molar-refractivity contribution in [3.63, 3.8) is 0 Å². The zero-order chi connectivity index (χ0) is 10.4. The van der Waals surface area contributed by atoms with Gasteiger partial charge in [0.15, 0.2) is 11.3 Å². The summed E-state index contributed by atoms with van der Waals surface area (Å²) in [6.07, 6.45) is 1.74. The molecule has 0 radical (unpaired) electrons. The van der Waals surface area contributed by atoms with E-state index in [-0.39, 0.29) is 11.3 Å². The van der Waals surface area contributed by atoms with Gasteiger partial charge in [-0.25, -0.2) is 9.98 Å². The zero-order valence-corrected chi connectivity index (χ0v) is 9.44. The first-order valence-electron chi connectivity index (χ1n) is 4.10. The second kappa shape index (κ2) is 5.84. The third-order valence-corrected chi connectivity index (χ3v) is 3.25. The zero-order valence-electron chi connectivity index (χ0n) is 7.80. The highest BCUT2D eigenvalue weighted by atomic mass is 32.2. The maximum absolute atomic E-state index is 5.33. The monoisotopic (exact) mass is 231 g/mol. The minimum Gasteiger partial charge on any atom is -0.370 e. The molecule has 1 heterocycles. The molecule has 0 bridgehead atoms. The Morgan fingerprint density at radius 2 is 2.57 bits per heavy atom. The number of nitrogens with zero attached hydrogens (tertiary/aromatic N) is 2. The largest absolute Gasteiger partial charge is 0.370 e. The quantitative estimate of drug-likeness (QED) is 0.394. The van der Waals surface area contributed by atoms with Gasteiger partial charge in [0.2, 0.25) is 0 Å². The smallest absolute Gasteiger partial charge is 0.187 e. The number of hydrogen-bond acceptors (Lipinski definition) is 5. The van der Waals surface area contributed by atoms with Gasteiger partial charge in [-0.05, 0) is 11.9 Å². The molecule has 0 saturated carbocycles. The standard InChI is InChI=1S/C7H13N5S2/c1-2-11-14-6(12-7(8)9)5-10-3-4-13-5/h3-4,6,11H,2H2,1H3,(H4,8,9,12). The SMILES string of the molecule is CCNSC(N=C(N)N)c1nccs1. The van der Waals surface area contributed by atoms with Crippen LogP contribution < -0.4 is 16.2 Å². The Morgan fingerprint density at radius 3 is 3.07 bits per heavy atom. The molecule has 1 rings (SSSR count). The van der Waals surface area contributed by atoms with Gasteiger partial charge in [0, 0.05) is 18.1 Å². The predicted octanol–water partition coefficient (Wildman–Crippen LogP) is 0.673. The number of aliphatic imine (C=N–C) groups is 1. The van der Waals surface area contributed by atoms with Crippen LogP contribution >= 0.6 is 23.3 Å². The van der Waals surface area contributed by atoms with Gasteiger partial charge in [-0.1, -0.05) is 6.92 Å². The molecule has 0 saturated heterocycles. The molecule has 78 valence electrons. The lowest BCUT2D eigenvalue weighted by atomic mass is 10.7. The van der Waals surface area contributed by atoms with Crippen LogP contribution in [0.1, 0.15) is 17.3 Å². The minimum absolute atomic E-state index is 0.0793. The molecule has 14 heavy (non-hydrogen) atoms. The van der Waals surface area contributed by atoms with Gasteiger partial charge in [0.1, 0.15) is 5.01 Å². The summed E-state index contributed by atoms with van der Waals surface area (Å²) in [4.78, 5) is 8.24. The topological polar surface area (TPSA) is 89.3 Å². The normalized spacial score (nSPS) is 12.4. The van der Waals surface area contributed by atoms with E-state index >= 15 is 0 Å². The van der Waals surface area contributed by atoms with Crippen LogP contribution in [0.25, 0.3) is 0 Å². The molecule has 7 heteroatoms. The van der Waals surface area contributed by atoms with Crippen molar-refractivity contribution in [1.82, 2.24) is 9.71 Å². The fourth-order valence-electron chi connectivity index (χ4n) is 0.786. The second-order valence-corrected chi connectivity index (χ2v) is 4.29. The molecule has 1 aromatic heterocycles. The second-order valence-electron chi connectivity index (χ2n) is 2.39. The first-order chi connectivity index (χ1) is 6.74. The number of hydrogen-bond donors (Lipinski definition) is 3. The van der Waals surface area contributed by atoms with E-state index in [1.54, 1.807) is 6.20 Å². The summed E-state index contributed by atoms with van der Waals surface area (Å²) in [5.41, 5.74) is 10.7. The Labute approximate surface area is 91.1 Å². The number of thiazole rings is 1. The van der Waals surface area contributed by atoms with E-state index in [1.807, 2.05) is 12.3 Å². The summed E-state index contributed by atoms with van der Waals surface area (Å²) in [5.74, 6) is 0.0793. The van der Waals surface area contributed by atoms with Crippen LogP contribution in [0.2, 0.25) is 0 Å². The summed E-state index contributed by atoms with van der Waals surface area (Å²) in [6.45, 7) is 2.87. The highest BCUT2D eigenvalue weighted by Crippen LogP contribution is 2.28. The maximum Gasteiger partial charge on any atom is 0.187 e. The molecular formula is C7H13N5S2. The Hall–Kier alpha value is -0.790. The molecule has 5 nitrogen and oxygen atoms in total. The molecule has 0 aliphatic heterocycles. The van der Waals surface area contributed by atoms with Gasteiger partial charge in [0.05, 0.1) is 0 Å². The van der Waals surface area contributed by atoms with Crippen molar-refractivity contribution >= 4 is 29.2 Å². The number of guanidine groups is 1. The molecule has 1 unspecified atom stereocenters. The predicted molar refractivity (Wildman–Crippen MR) is 61.9 cm³/mol. The summed E-state index contributed by atoms with van der Waals surface area (Å²) in [6, 6.07) is 0. The molecule has 5 N–H and O–H groups in total. The van der Waals surface area contributed by atoms with E-state index in [9.17, 15) is 0 Å². The average Bonchev–Trinajstić information content (AvgIpc) is 2.64. The van der Waals surface area contributed by atoms with Crippen molar-refractivity contribution < 1.29 is 0 Å². The summed E-state index contributed by atoms with van der Waals surface area (Å²) >= 11 is 2.99. The molecule has 0 spiro atoms. The molecule has 0 aliphatic carbocycles. The van der Waals surface area contributed by atoms with Gasteiger partial charge < -0.3 is 11.5 Å². The molecule has 1 atom stereocenters. The number of nitrogens with two attached hydrogens (primary N) is 2. The van der Waals surface area contributed by atoms with E-state index in [4.69, 9.17) is 11.5 Å². The van der Waals surface area contributed by atoms with Crippen molar-refractivity contribution in [2.45, 2.75) is 12.3 Å². The van der Waals surface area contributed by atoms with E-state index in [2.05, 4.69) is 14.7 Å². The van der Waals surface area contributed by atoms with Crippen LogP contribution in [-0.4, -0.2) is 17.5 Å². The van der Waals surface area contributed by atoms with Crippen LogP contribution in [0.15, 0.2) is 16.6 Å². The molecule has 0 aromatic carbocycles. The van der Waals surface area contributed by atoms with Crippen LogP contribution in [0.3, 0.4) is 0 Å². The minimum atomic E-state index is -0.153. The van der Waals surface area contributed by atoms with Crippen molar-refractivity contribution in [2.75, 3.05) is 6.54 Å². The van der Waals surface area contributed by atoms with Crippen LogP contribution in [0.5, 0.6) is 0 Å². The fourth-order valence-corrected chi connectivity index (χ4v) is 2.31. The first kappa shape index (κ1) is 11.3. The summed E-state index contributed by atoms with van der Waals surface area (Å²) in [7, 11) is 0. The highest BCUT2D eigenvalue weighted by molar-refractivity contribution is 7.97. The van der Waals surface area contributed by atoms with Crippen molar-refractivity contribution in [3.8, 4) is 0 Å². The Morgan fingerprint density at radius 1 is 1.79 bits per heavy atom. The Kier molecular flexibility index (Phi) is 4.71. The number of nitrogens with one attached hydrogen (secondary N) is 1. The van der Waals surface area contributed by atoms with Gasteiger partial charge in [-0.15, -0.1) is 11.3 Å². The first-order valence-corrected chi connectivity index (χ1v) is 5.86. The maximum atomic E-state index is 5.33. The Balaban J connectivity index is 2.67. The third-order valence-electron chi connectivity index (χ3n) is 1.27. The van der Waals surface area contributed by atoms with Gasteiger partial charge in [-0.2, -0.15) is 0 Å². The molecule has 1 aromatic rings. The summed E-state index contributed by atoms with van der Waals surface area (Å²) < 4.78 is 3.11. The lowest BCUT2D eigenvalue weighted by molar-refractivity contribution is 0.957. The van der Waals surface area contributed by atoms with E-state index < -0.39 is 0 Å².